The molecule has 90 valence electrons. The molecule has 3 nitrogen and oxygen atoms in total. The van der Waals surface area contributed by atoms with Crippen molar-refractivity contribution in [1.82, 2.24) is 0 Å². The second-order valence-corrected chi connectivity index (χ2v) is 3.29. The molecule has 1 aromatic carbocycles. The Labute approximate surface area is 95.1 Å². The van der Waals surface area contributed by atoms with Crippen LogP contribution in [-0.4, -0.2) is 19.9 Å². The highest BCUT2D eigenvalue weighted by molar-refractivity contribution is 6.30. The first-order chi connectivity index (χ1) is 7.42. The molecule has 0 radical (unpaired) electrons. The van der Waals surface area contributed by atoms with E-state index in [2.05, 4.69) is 15.1 Å². The van der Waals surface area contributed by atoms with Crippen molar-refractivity contribution < 1.29 is 22.7 Å². The van der Waals surface area contributed by atoms with Crippen LogP contribution >= 0.6 is 11.6 Å². The maximum absolute atomic E-state index is 11.9. The summed E-state index contributed by atoms with van der Waals surface area (Å²) in [6.07, 6.45) is -4.38. The largest absolute Gasteiger partial charge is 0.482 e. The Bertz CT molecular complexity index is 357. The van der Waals surface area contributed by atoms with Crippen LogP contribution in [0.5, 0.6) is 5.75 Å². The van der Waals surface area contributed by atoms with Gasteiger partial charge in [0, 0.05) is 5.02 Å². The third-order valence-corrected chi connectivity index (χ3v) is 1.78. The van der Waals surface area contributed by atoms with Crippen LogP contribution in [0.25, 0.3) is 0 Å². The zero-order chi connectivity index (χ0) is 12.2. The van der Waals surface area contributed by atoms with Crippen LogP contribution in [0, 0.1) is 0 Å². The Kier molecular flexibility index (Phi) is 4.26. The van der Waals surface area contributed by atoms with Crippen LogP contribution in [0.1, 0.15) is 0 Å². The first-order valence-electron chi connectivity index (χ1n) is 4.20. The van der Waals surface area contributed by atoms with Gasteiger partial charge < -0.3 is 4.74 Å². The number of benzene rings is 1. The average molecular weight is 256 g/mol. The number of ether oxygens (including phenoxy) is 1. The summed E-state index contributed by atoms with van der Waals surface area (Å²) >= 11 is 5.67. The van der Waals surface area contributed by atoms with Gasteiger partial charge in [0.2, 0.25) is 0 Å². The molecular formula is C9H9ClF3NO2. The van der Waals surface area contributed by atoms with Gasteiger partial charge in [0.1, 0.15) is 11.4 Å². The summed E-state index contributed by atoms with van der Waals surface area (Å²) in [6, 6.07) is 4.15. The fraction of sp³-hybridized carbons (Fsp3) is 0.333. The number of hydrogen-bond donors (Lipinski definition) is 1. The third-order valence-electron chi connectivity index (χ3n) is 1.54. The van der Waals surface area contributed by atoms with Crippen LogP contribution in [0.2, 0.25) is 5.02 Å². The molecule has 0 unspecified atom stereocenters. The number of halogens is 4. The fourth-order valence-electron chi connectivity index (χ4n) is 0.977. The van der Waals surface area contributed by atoms with Crippen molar-refractivity contribution in [2.75, 3.05) is 19.2 Å². The van der Waals surface area contributed by atoms with Gasteiger partial charge in [-0.05, 0) is 18.2 Å². The van der Waals surface area contributed by atoms with E-state index >= 15 is 0 Å². The molecule has 0 aliphatic heterocycles. The number of alkyl halides is 3. The van der Waals surface area contributed by atoms with Crippen molar-refractivity contribution in [2.45, 2.75) is 6.18 Å². The molecule has 1 N–H and O–H groups in total. The fourth-order valence-corrected chi connectivity index (χ4v) is 1.15. The highest BCUT2D eigenvalue weighted by Crippen LogP contribution is 2.29. The van der Waals surface area contributed by atoms with E-state index < -0.39 is 12.8 Å². The van der Waals surface area contributed by atoms with Gasteiger partial charge in [-0.25, -0.2) is 0 Å². The highest BCUT2D eigenvalue weighted by Gasteiger charge is 2.28. The summed E-state index contributed by atoms with van der Waals surface area (Å²) in [5.41, 5.74) is 2.61. The normalized spacial score (nSPS) is 11.3. The van der Waals surface area contributed by atoms with Gasteiger partial charge in [-0.1, -0.05) is 11.6 Å². The van der Waals surface area contributed by atoms with E-state index in [0.29, 0.717) is 5.02 Å². The van der Waals surface area contributed by atoms with Crippen LogP contribution in [0.15, 0.2) is 18.2 Å². The van der Waals surface area contributed by atoms with Crippen molar-refractivity contribution in [3.63, 3.8) is 0 Å². The van der Waals surface area contributed by atoms with Crippen LogP contribution in [0.4, 0.5) is 18.9 Å². The lowest BCUT2D eigenvalue weighted by Gasteiger charge is -2.13. The molecule has 0 fully saturated rings. The minimum absolute atomic E-state index is 0.0172. The molecule has 0 bridgehead atoms. The Hall–Kier alpha value is -1.14. The lowest BCUT2D eigenvalue weighted by atomic mass is 10.3. The molecule has 0 atom stereocenters. The van der Waals surface area contributed by atoms with Gasteiger partial charge in [0.15, 0.2) is 6.61 Å². The minimum Gasteiger partial charge on any atom is -0.482 e. The molecule has 7 heteroatoms. The van der Waals surface area contributed by atoms with E-state index in [4.69, 9.17) is 11.6 Å². The lowest BCUT2D eigenvalue weighted by molar-refractivity contribution is -0.153. The standard InChI is InChI=1S/C9H9ClF3NO2/c1-15-14-7-4-6(10)2-3-8(7)16-5-9(11,12)13/h2-4,14H,5H2,1H3. The van der Waals surface area contributed by atoms with Gasteiger partial charge in [0.05, 0.1) is 7.11 Å². The Balaban J connectivity index is 2.78. The monoisotopic (exact) mass is 255 g/mol. The zero-order valence-electron chi connectivity index (χ0n) is 8.27. The molecule has 0 aromatic heterocycles. The second kappa shape index (κ2) is 5.27. The Morgan fingerprint density at radius 1 is 1.38 bits per heavy atom. The SMILES string of the molecule is CONc1cc(Cl)ccc1OCC(F)(F)F. The van der Waals surface area contributed by atoms with Crippen molar-refractivity contribution in [3.05, 3.63) is 23.2 Å². The summed E-state index contributed by atoms with van der Waals surface area (Å²) in [7, 11) is 1.33. The molecular weight excluding hydrogens is 247 g/mol. The van der Waals surface area contributed by atoms with Gasteiger partial charge in [-0.2, -0.15) is 13.2 Å². The number of hydrogen-bond acceptors (Lipinski definition) is 3. The average Bonchev–Trinajstić information content (AvgIpc) is 2.15. The number of nitrogens with one attached hydrogen (secondary N) is 1. The molecule has 0 amide bonds. The smallest absolute Gasteiger partial charge is 0.422 e. The summed E-state index contributed by atoms with van der Waals surface area (Å²) in [4.78, 5) is 4.59. The molecule has 0 saturated heterocycles. The second-order valence-electron chi connectivity index (χ2n) is 2.85. The molecule has 16 heavy (non-hydrogen) atoms. The maximum atomic E-state index is 11.9. The molecule has 0 heterocycles. The molecule has 1 aromatic rings. The number of rotatable bonds is 4. The molecule has 0 aliphatic rings. The lowest BCUT2D eigenvalue weighted by Crippen LogP contribution is -2.19. The van der Waals surface area contributed by atoms with Gasteiger partial charge in [-0.3, -0.25) is 10.3 Å². The molecule has 0 aliphatic carbocycles. The summed E-state index contributed by atoms with van der Waals surface area (Å²) in [6.45, 7) is -1.37. The van der Waals surface area contributed by atoms with Gasteiger partial charge in [0.25, 0.3) is 0 Å². The van der Waals surface area contributed by atoms with E-state index in [-0.39, 0.29) is 11.4 Å². The zero-order valence-corrected chi connectivity index (χ0v) is 9.02. The molecule has 1 rings (SSSR count). The van der Waals surface area contributed by atoms with Gasteiger partial charge in [-0.15, -0.1) is 0 Å². The van der Waals surface area contributed by atoms with Crippen LogP contribution < -0.4 is 10.2 Å². The van der Waals surface area contributed by atoms with E-state index in [9.17, 15) is 13.2 Å². The van der Waals surface area contributed by atoms with Crippen molar-refractivity contribution in [2.24, 2.45) is 0 Å². The number of anilines is 1. The topological polar surface area (TPSA) is 30.5 Å². The highest BCUT2D eigenvalue weighted by atomic mass is 35.5. The van der Waals surface area contributed by atoms with E-state index in [0.717, 1.165) is 0 Å². The first kappa shape index (κ1) is 12.9. The quantitative estimate of drug-likeness (QED) is 0.838. The Morgan fingerprint density at radius 3 is 2.62 bits per heavy atom. The summed E-state index contributed by atoms with van der Waals surface area (Å²) in [5, 5.41) is 0.360. The molecule has 0 spiro atoms. The predicted molar refractivity (Wildman–Crippen MR) is 53.6 cm³/mol. The third kappa shape index (κ3) is 4.16. The van der Waals surface area contributed by atoms with E-state index in [1.54, 1.807) is 0 Å². The van der Waals surface area contributed by atoms with Crippen molar-refractivity contribution in [1.29, 1.82) is 0 Å². The van der Waals surface area contributed by atoms with E-state index in [1.165, 1.54) is 25.3 Å². The van der Waals surface area contributed by atoms with Gasteiger partial charge >= 0.3 is 6.18 Å². The van der Waals surface area contributed by atoms with Crippen LogP contribution in [0.3, 0.4) is 0 Å². The summed E-state index contributed by atoms with van der Waals surface area (Å²) in [5.74, 6) is 0.0172. The predicted octanol–water partition coefficient (Wildman–Crippen LogP) is 3.25. The van der Waals surface area contributed by atoms with Crippen molar-refractivity contribution >= 4 is 17.3 Å². The Morgan fingerprint density at radius 2 is 2.06 bits per heavy atom. The maximum Gasteiger partial charge on any atom is 0.422 e. The first-order valence-corrected chi connectivity index (χ1v) is 4.58. The molecule has 0 saturated carbocycles. The van der Waals surface area contributed by atoms with Crippen molar-refractivity contribution in [3.8, 4) is 5.75 Å². The summed E-state index contributed by atoms with van der Waals surface area (Å²) < 4.78 is 40.4. The van der Waals surface area contributed by atoms with E-state index in [1.807, 2.05) is 0 Å². The minimum atomic E-state index is -4.38. The van der Waals surface area contributed by atoms with Crippen LogP contribution in [-0.2, 0) is 4.84 Å².